The predicted molar refractivity (Wildman–Crippen MR) is 76.2 cm³/mol. The van der Waals surface area contributed by atoms with Crippen LogP contribution in [0.15, 0.2) is 35.2 Å². The van der Waals surface area contributed by atoms with Gasteiger partial charge in [-0.25, -0.2) is 4.79 Å². The summed E-state index contributed by atoms with van der Waals surface area (Å²) in [5, 5.41) is 11.7. The minimum atomic E-state index is -1.01. The second kappa shape index (κ2) is 6.61. The third-order valence-corrected chi connectivity index (χ3v) is 3.54. The molecule has 1 rings (SSSR count). The Kier molecular flexibility index (Phi) is 5.42. The molecule has 0 radical (unpaired) electrons. The van der Waals surface area contributed by atoms with Crippen molar-refractivity contribution in [3.8, 4) is 0 Å². The molecule has 5 heteroatoms. The number of carboxylic acids is 1. The lowest BCUT2D eigenvalue weighted by Gasteiger charge is -2.27. The maximum atomic E-state index is 11.8. The normalized spacial score (nSPS) is 12.8. The maximum Gasteiger partial charge on any atom is 0.326 e. The molecule has 0 aliphatic rings. The molecule has 0 bridgehead atoms. The van der Waals surface area contributed by atoms with Crippen LogP contribution < -0.4 is 5.32 Å². The molecule has 1 aromatic rings. The summed E-state index contributed by atoms with van der Waals surface area (Å²) in [4.78, 5) is 23.9. The van der Waals surface area contributed by atoms with Gasteiger partial charge in [0.2, 0.25) is 5.91 Å². The van der Waals surface area contributed by atoms with Gasteiger partial charge in [-0.2, -0.15) is 0 Å². The van der Waals surface area contributed by atoms with E-state index in [-0.39, 0.29) is 11.7 Å². The van der Waals surface area contributed by atoms with Crippen LogP contribution in [0.2, 0.25) is 0 Å². The molecule has 0 saturated heterocycles. The number of carboxylic acid groups (broad SMARTS) is 1. The van der Waals surface area contributed by atoms with E-state index in [1.165, 1.54) is 11.8 Å². The van der Waals surface area contributed by atoms with E-state index in [2.05, 4.69) is 5.32 Å². The number of benzene rings is 1. The molecule has 0 heterocycles. The van der Waals surface area contributed by atoms with Crippen molar-refractivity contribution in [1.29, 1.82) is 0 Å². The van der Waals surface area contributed by atoms with Gasteiger partial charge in [-0.15, -0.1) is 11.8 Å². The summed E-state index contributed by atoms with van der Waals surface area (Å²) in [6.45, 7) is 5.36. The summed E-state index contributed by atoms with van der Waals surface area (Å²) in [6, 6.07) is 8.65. The van der Waals surface area contributed by atoms with E-state index in [9.17, 15) is 9.59 Å². The second-order valence-corrected chi connectivity index (χ2v) is 6.36. The first-order chi connectivity index (χ1) is 8.80. The number of hydrogen-bond acceptors (Lipinski definition) is 3. The van der Waals surface area contributed by atoms with Crippen LogP contribution in [0.1, 0.15) is 20.8 Å². The average Bonchev–Trinajstić information content (AvgIpc) is 2.33. The standard InChI is InChI=1S/C14H19NO3S/c1-14(2,3)12(13(17)18)15-11(16)9-19-10-7-5-4-6-8-10/h4-8,12H,9H2,1-3H3,(H,15,16)(H,17,18)/t12-/m1/s1. The summed E-state index contributed by atoms with van der Waals surface area (Å²) < 4.78 is 0. The molecule has 1 atom stereocenters. The highest BCUT2D eigenvalue weighted by Crippen LogP contribution is 2.20. The van der Waals surface area contributed by atoms with Crippen molar-refractivity contribution in [1.82, 2.24) is 5.32 Å². The Morgan fingerprint density at radius 3 is 2.32 bits per heavy atom. The molecule has 1 amide bonds. The molecular weight excluding hydrogens is 262 g/mol. The summed E-state index contributed by atoms with van der Waals surface area (Å²) >= 11 is 1.39. The van der Waals surface area contributed by atoms with Crippen LogP contribution in [0, 0.1) is 5.41 Å². The SMILES string of the molecule is CC(C)(C)[C@H](NC(=O)CSc1ccccc1)C(=O)O. The number of nitrogens with one attached hydrogen (secondary N) is 1. The van der Waals surface area contributed by atoms with Crippen molar-refractivity contribution in [2.75, 3.05) is 5.75 Å². The fourth-order valence-corrected chi connectivity index (χ4v) is 2.25. The van der Waals surface area contributed by atoms with Gasteiger partial charge < -0.3 is 10.4 Å². The fourth-order valence-electron chi connectivity index (χ4n) is 1.52. The van der Waals surface area contributed by atoms with Gasteiger partial charge in [-0.05, 0) is 17.5 Å². The van der Waals surface area contributed by atoms with Gasteiger partial charge in [-0.3, -0.25) is 4.79 Å². The Labute approximate surface area is 117 Å². The average molecular weight is 281 g/mol. The van der Waals surface area contributed by atoms with Crippen molar-refractivity contribution >= 4 is 23.6 Å². The molecule has 19 heavy (non-hydrogen) atoms. The van der Waals surface area contributed by atoms with Crippen LogP contribution in [0.4, 0.5) is 0 Å². The largest absolute Gasteiger partial charge is 0.480 e. The van der Waals surface area contributed by atoms with E-state index in [0.29, 0.717) is 0 Å². The van der Waals surface area contributed by atoms with Gasteiger partial charge >= 0.3 is 5.97 Å². The van der Waals surface area contributed by atoms with Gasteiger partial charge in [0, 0.05) is 4.90 Å². The van der Waals surface area contributed by atoms with Gasteiger partial charge in [-0.1, -0.05) is 39.0 Å². The molecule has 0 aromatic heterocycles. The minimum absolute atomic E-state index is 0.212. The molecule has 0 saturated carbocycles. The summed E-state index contributed by atoms with van der Waals surface area (Å²) in [7, 11) is 0. The Hall–Kier alpha value is -1.49. The van der Waals surface area contributed by atoms with Crippen LogP contribution in [0.25, 0.3) is 0 Å². The topological polar surface area (TPSA) is 66.4 Å². The second-order valence-electron chi connectivity index (χ2n) is 5.31. The first-order valence-corrected chi connectivity index (χ1v) is 6.99. The summed E-state index contributed by atoms with van der Waals surface area (Å²) in [5.41, 5.74) is -0.515. The molecule has 104 valence electrons. The first-order valence-electron chi connectivity index (χ1n) is 6.00. The van der Waals surface area contributed by atoms with E-state index in [4.69, 9.17) is 5.11 Å². The minimum Gasteiger partial charge on any atom is -0.480 e. The van der Waals surface area contributed by atoms with Crippen LogP contribution in [0.3, 0.4) is 0 Å². The van der Waals surface area contributed by atoms with Crippen LogP contribution in [0.5, 0.6) is 0 Å². The third kappa shape index (κ3) is 5.34. The molecule has 0 unspecified atom stereocenters. The number of rotatable bonds is 5. The Balaban J connectivity index is 2.52. The van der Waals surface area contributed by atoms with Gasteiger partial charge in [0.25, 0.3) is 0 Å². The first kappa shape index (κ1) is 15.6. The van der Waals surface area contributed by atoms with Crippen molar-refractivity contribution < 1.29 is 14.7 Å². The summed E-state index contributed by atoms with van der Waals surface area (Å²) in [6.07, 6.45) is 0. The molecule has 0 spiro atoms. The molecule has 1 aromatic carbocycles. The fraction of sp³-hybridized carbons (Fsp3) is 0.429. The van der Waals surface area contributed by atoms with Gasteiger partial charge in [0.15, 0.2) is 0 Å². The van der Waals surface area contributed by atoms with Gasteiger partial charge in [0.05, 0.1) is 5.75 Å². The zero-order valence-corrected chi connectivity index (χ0v) is 12.2. The third-order valence-electron chi connectivity index (χ3n) is 2.53. The highest BCUT2D eigenvalue weighted by molar-refractivity contribution is 8.00. The van der Waals surface area contributed by atoms with Crippen LogP contribution in [-0.4, -0.2) is 28.8 Å². The lowest BCUT2D eigenvalue weighted by Crippen LogP contribution is -2.49. The number of amides is 1. The molecule has 0 fully saturated rings. The van der Waals surface area contributed by atoms with Gasteiger partial charge in [0.1, 0.15) is 6.04 Å². The molecule has 0 aliphatic carbocycles. The predicted octanol–water partition coefficient (Wildman–Crippen LogP) is 2.39. The zero-order valence-electron chi connectivity index (χ0n) is 11.3. The number of thioether (sulfide) groups is 1. The zero-order chi connectivity index (χ0) is 14.5. The van der Waals surface area contributed by atoms with Crippen molar-refractivity contribution in [2.24, 2.45) is 5.41 Å². The molecular formula is C14H19NO3S. The molecule has 4 nitrogen and oxygen atoms in total. The van der Waals surface area contributed by atoms with E-state index in [0.717, 1.165) is 4.90 Å². The van der Waals surface area contributed by atoms with Crippen molar-refractivity contribution in [3.63, 3.8) is 0 Å². The van der Waals surface area contributed by atoms with Crippen LogP contribution >= 0.6 is 11.8 Å². The smallest absolute Gasteiger partial charge is 0.326 e. The van der Waals surface area contributed by atoms with Crippen LogP contribution in [-0.2, 0) is 9.59 Å². The quantitative estimate of drug-likeness (QED) is 0.813. The highest BCUT2D eigenvalue weighted by atomic mass is 32.2. The number of carbonyl (C=O) groups is 2. The number of carbonyl (C=O) groups excluding carboxylic acids is 1. The number of hydrogen-bond donors (Lipinski definition) is 2. The summed E-state index contributed by atoms with van der Waals surface area (Å²) in [5.74, 6) is -1.06. The highest BCUT2D eigenvalue weighted by Gasteiger charge is 2.32. The maximum absolute atomic E-state index is 11.8. The monoisotopic (exact) mass is 281 g/mol. The van der Waals surface area contributed by atoms with Crippen molar-refractivity contribution in [2.45, 2.75) is 31.7 Å². The van der Waals surface area contributed by atoms with E-state index < -0.39 is 17.4 Å². The molecule has 2 N–H and O–H groups in total. The van der Waals surface area contributed by atoms with E-state index in [1.54, 1.807) is 20.8 Å². The lowest BCUT2D eigenvalue weighted by atomic mass is 9.87. The number of aliphatic carboxylic acids is 1. The van der Waals surface area contributed by atoms with Crippen molar-refractivity contribution in [3.05, 3.63) is 30.3 Å². The molecule has 0 aliphatic heterocycles. The Bertz CT molecular complexity index is 440. The van der Waals surface area contributed by atoms with E-state index in [1.807, 2.05) is 30.3 Å². The Morgan fingerprint density at radius 2 is 1.84 bits per heavy atom. The lowest BCUT2D eigenvalue weighted by molar-refractivity contribution is -0.144. The Morgan fingerprint density at radius 1 is 1.26 bits per heavy atom. The van der Waals surface area contributed by atoms with E-state index >= 15 is 0 Å².